The lowest BCUT2D eigenvalue weighted by Gasteiger charge is -2.17. The molecule has 3 nitrogen and oxygen atoms in total. The molecule has 1 aromatic rings. The molecule has 1 aromatic carbocycles. The van der Waals surface area contributed by atoms with Gasteiger partial charge in [0, 0.05) is 17.5 Å². The van der Waals surface area contributed by atoms with Crippen LogP contribution in [-0.2, 0) is 0 Å². The molecule has 0 bridgehead atoms. The molecule has 0 amide bonds. The maximum Gasteiger partial charge on any atom is 0.122 e. The van der Waals surface area contributed by atoms with Gasteiger partial charge in [-0.15, -0.1) is 6.58 Å². The van der Waals surface area contributed by atoms with Gasteiger partial charge in [0.1, 0.15) is 5.75 Å². The van der Waals surface area contributed by atoms with Crippen LogP contribution in [0.5, 0.6) is 5.75 Å². The van der Waals surface area contributed by atoms with Crippen molar-refractivity contribution in [1.29, 1.82) is 0 Å². The van der Waals surface area contributed by atoms with Crippen molar-refractivity contribution in [2.75, 3.05) is 6.61 Å². The summed E-state index contributed by atoms with van der Waals surface area (Å²) in [6.07, 6.45) is 1.82. The number of para-hydroxylation sites is 1. The fourth-order valence-corrected chi connectivity index (χ4v) is 1.83. The van der Waals surface area contributed by atoms with Crippen LogP contribution in [0.3, 0.4) is 0 Å². The van der Waals surface area contributed by atoms with Crippen LogP contribution in [0.2, 0.25) is 0 Å². The first-order valence-corrected chi connectivity index (χ1v) is 4.67. The average molecular weight is 190 g/mol. The van der Waals surface area contributed by atoms with Gasteiger partial charge in [-0.1, -0.05) is 24.3 Å². The predicted octanol–water partition coefficient (Wildman–Crippen LogP) is 1.18. The number of fused-ring (bicyclic) bond motifs is 1. The molecule has 0 radical (unpaired) electrons. The van der Waals surface area contributed by atoms with Gasteiger partial charge in [0.05, 0.1) is 6.61 Å². The first-order chi connectivity index (χ1) is 6.86. The molecular weight excluding hydrogens is 176 g/mol. The molecule has 0 saturated heterocycles. The number of rotatable bonds is 3. The lowest BCUT2D eigenvalue weighted by Crippen LogP contribution is -2.38. The van der Waals surface area contributed by atoms with Gasteiger partial charge in [0.2, 0.25) is 0 Å². The molecule has 2 atom stereocenters. The maximum atomic E-state index is 5.55. The zero-order chi connectivity index (χ0) is 9.97. The summed E-state index contributed by atoms with van der Waals surface area (Å²) in [5.74, 6) is 6.67. The smallest absolute Gasteiger partial charge is 0.122 e. The fraction of sp³-hybridized carbons (Fsp3) is 0.273. The molecule has 2 unspecified atom stereocenters. The van der Waals surface area contributed by atoms with Crippen molar-refractivity contribution in [1.82, 2.24) is 5.43 Å². The number of benzene rings is 1. The van der Waals surface area contributed by atoms with Crippen molar-refractivity contribution in [3.63, 3.8) is 0 Å². The van der Waals surface area contributed by atoms with Crippen molar-refractivity contribution < 1.29 is 4.74 Å². The van der Waals surface area contributed by atoms with Crippen LogP contribution >= 0.6 is 0 Å². The van der Waals surface area contributed by atoms with E-state index in [2.05, 4.69) is 18.1 Å². The Morgan fingerprint density at radius 2 is 2.36 bits per heavy atom. The Bertz CT molecular complexity index is 338. The monoisotopic (exact) mass is 190 g/mol. The van der Waals surface area contributed by atoms with E-state index in [0.29, 0.717) is 6.61 Å². The van der Waals surface area contributed by atoms with Gasteiger partial charge in [-0.2, -0.15) is 0 Å². The summed E-state index contributed by atoms with van der Waals surface area (Å²) in [5, 5.41) is 0. The molecule has 0 fully saturated rings. The molecule has 0 aromatic heterocycles. The van der Waals surface area contributed by atoms with Crippen molar-refractivity contribution in [2.24, 2.45) is 5.84 Å². The lowest BCUT2D eigenvalue weighted by molar-refractivity contribution is 0.313. The summed E-state index contributed by atoms with van der Waals surface area (Å²) in [4.78, 5) is 0. The minimum absolute atomic E-state index is 0.0682. The second kappa shape index (κ2) is 3.82. The van der Waals surface area contributed by atoms with Gasteiger partial charge in [0.15, 0.2) is 0 Å². The van der Waals surface area contributed by atoms with E-state index < -0.39 is 0 Å². The van der Waals surface area contributed by atoms with E-state index >= 15 is 0 Å². The standard InChI is InChI=1S/C11H14N2O/c1-2-10(13-12)9-7-14-11-6-4-3-5-8(9)11/h2-6,9-10,13H,1,7,12H2. The summed E-state index contributed by atoms with van der Waals surface area (Å²) in [7, 11) is 0. The summed E-state index contributed by atoms with van der Waals surface area (Å²) in [6.45, 7) is 4.42. The molecule has 1 aliphatic rings. The molecule has 2 rings (SSSR count). The molecule has 0 spiro atoms. The first kappa shape index (κ1) is 9.24. The van der Waals surface area contributed by atoms with Crippen LogP contribution in [0.4, 0.5) is 0 Å². The lowest BCUT2D eigenvalue weighted by atomic mass is 9.94. The van der Waals surface area contributed by atoms with Crippen LogP contribution < -0.4 is 16.0 Å². The van der Waals surface area contributed by atoms with E-state index in [1.54, 1.807) is 0 Å². The quantitative estimate of drug-likeness (QED) is 0.427. The molecule has 0 aliphatic carbocycles. The fourth-order valence-electron chi connectivity index (χ4n) is 1.83. The van der Waals surface area contributed by atoms with Gasteiger partial charge in [-0.05, 0) is 6.07 Å². The summed E-state index contributed by atoms with van der Waals surface area (Å²) in [5.41, 5.74) is 3.94. The summed E-state index contributed by atoms with van der Waals surface area (Å²) >= 11 is 0. The van der Waals surface area contributed by atoms with Crippen molar-refractivity contribution in [2.45, 2.75) is 12.0 Å². The Kier molecular flexibility index (Phi) is 2.52. The number of ether oxygens (including phenoxy) is 1. The van der Waals surface area contributed by atoms with Crippen molar-refractivity contribution in [3.05, 3.63) is 42.5 Å². The third-order valence-electron chi connectivity index (χ3n) is 2.62. The zero-order valence-corrected chi connectivity index (χ0v) is 7.94. The molecule has 0 saturated carbocycles. The Morgan fingerprint density at radius 1 is 1.57 bits per heavy atom. The Morgan fingerprint density at radius 3 is 3.07 bits per heavy atom. The molecule has 74 valence electrons. The van der Waals surface area contributed by atoms with Gasteiger partial charge in [-0.25, -0.2) is 0 Å². The van der Waals surface area contributed by atoms with Crippen molar-refractivity contribution in [3.8, 4) is 5.75 Å². The number of hydrogen-bond donors (Lipinski definition) is 2. The van der Waals surface area contributed by atoms with E-state index in [0.717, 1.165) is 5.75 Å². The predicted molar refractivity (Wildman–Crippen MR) is 56.0 cm³/mol. The van der Waals surface area contributed by atoms with E-state index in [1.165, 1.54) is 5.56 Å². The van der Waals surface area contributed by atoms with E-state index in [9.17, 15) is 0 Å². The minimum Gasteiger partial charge on any atom is -0.493 e. The molecule has 1 heterocycles. The third kappa shape index (κ3) is 1.41. The molecule has 3 heteroatoms. The Hall–Kier alpha value is -1.32. The molecule has 14 heavy (non-hydrogen) atoms. The largest absolute Gasteiger partial charge is 0.493 e. The van der Waals surface area contributed by atoms with E-state index in [-0.39, 0.29) is 12.0 Å². The summed E-state index contributed by atoms with van der Waals surface area (Å²) in [6, 6.07) is 8.10. The Labute approximate surface area is 83.5 Å². The number of nitrogens with two attached hydrogens (primary N) is 1. The number of hydrogen-bond acceptors (Lipinski definition) is 3. The highest BCUT2D eigenvalue weighted by atomic mass is 16.5. The number of nitrogens with one attached hydrogen (secondary N) is 1. The highest BCUT2D eigenvalue weighted by Crippen LogP contribution is 2.35. The molecule has 3 N–H and O–H groups in total. The van der Waals surface area contributed by atoms with E-state index in [4.69, 9.17) is 10.6 Å². The molecule has 1 aliphatic heterocycles. The summed E-state index contributed by atoms with van der Waals surface area (Å²) < 4.78 is 5.55. The van der Waals surface area contributed by atoms with Gasteiger partial charge in [-0.3, -0.25) is 11.3 Å². The van der Waals surface area contributed by atoms with Crippen LogP contribution in [0.25, 0.3) is 0 Å². The first-order valence-electron chi connectivity index (χ1n) is 4.67. The van der Waals surface area contributed by atoms with Crippen LogP contribution in [0.1, 0.15) is 11.5 Å². The van der Waals surface area contributed by atoms with Crippen LogP contribution in [-0.4, -0.2) is 12.6 Å². The van der Waals surface area contributed by atoms with Crippen molar-refractivity contribution >= 4 is 0 Å². The zero-order valence-electron chi connectivity index (χ0n) is 7.94. The normalized spacial score (nSPS) is 21.1. The van der Waals surface area contributed by atoms with Crippen LogP contribution in [0, 0.1) is 0 Å². The van der Waals surface area contributed by atoms with Gasteiger partial charge in [0.25, 0.3) is 0 Å². The SMILES string of the molecule is C=CC(NN)C1COc2ccccc21. The third-order valence-corrected chi connectivity index (χ3v) is 2.62. The number of hydrazine groups is 1. The van der Waals surface area contributed by atoms with Gasteiger partial charge >= 0.3 is 0 Å². The topological polar surface area (TPSA) is 47.3 Å². The van der Waals surface area contributed by atoms with E-state index in [1.807, 2.05) is 24.3 Å². The Balaban J connectivity index is 2.29. The average Bonchev–Trinajstić information content (AvgIpc) is 2.65. The highest BCUT2D eigenvalue weighted by molar-refractivity contribution is 5.41. The molecular formula is C11H14N2O. The second-order valence-corrected chi connectivity index (χ2v) is 3.38. The van der Waals surface area contributed by atoms with Crippen LogP contribution in [0.15, 0.2) is 36.9 Å². The van der Waals surface area contributed by atoms with Gasteiger partial charge < -0.3 is 4.74 Å². The second-order valence-electron chi connectivity index (χ2n) is 3.38. The minimum atomic E-state index is 0.0682. The highest BCUT2D eigenvalue weighted by Gasteiger charge is 2.28. The maximum absolute atomic E-state index is 5.55.